The molecular formula is C9H14F3N3S. The summed E-state index contributed by atoms with van der Waals surface area (Å²) >= 11 is 1.37. The standard InChI is InChI=1S/C9H14F3N3S/c1-6(13)8-14-7(4-16-8)3-15(2)5-9(10,11)12/h4,6H,3,5,13H2,1-2H3. The Hall–Kier alpha value is -0.660. The third-order valence-corrected chi connectivity index (χ3v) is 2.93. The summed E-state index contributed by atoms with van der Waals surface area (Å²) in [6.07, 6.45) is -4.17. The summed E-state index contributed by atoms with van der Waals surface area (Å²) in [5.74, 6) is 0. The summed E-state index contributed by atoms with van der Waals surface area (Å²) in [6, 6.07) is -0.174. The van der Waals surface area contributed by atoms with Gasteiger partial charge >= 0.3 is 6.18 Å². The fourth-order valence-electron chi connectivity index (χ4n) is 1.24. The van der Waals surface area contributed by atoms with Gasteiger partial charge in [0.15, 0.2) is 0 Å². The molecule has 1 atom stereocenters. The molecule has 92 valence electrons. The number of rotatable bonds is 4. The second-order valence-electron chi connectivity index (χ2n) is 3.75. The number of nitrogens with two attached hydrogens (primary N) is 1. The first kappa shape index (κ1) is 13.4. The van der Waals surface area contributed by atoms with E-state index in [0.29, 0.717) is 5.69 Å². The van der Waals surface area contributed by atoms with Gasteiger partial charge in [-0.1, -0.05) is 0 Å². The molecule has 0 aliphatic carbocycles. The zero-order valence-electron chi connectivity index (χ0n) is 9.08. The van der Waals surface area contributed by atoms with Gasteiger partial charge in [-0.15, -0.1) is 11.3 Å². The van der Waals surface area contributed by atoms with Crippen LogP contribution in [-0.2, 0) is 6.54 Å². The normalized spacial score (nSPS) is 14.4. The van der Waals surface area contributed by atoms with Gasteiger partial charge in [0, 0.05) is 11.9 Å². The lowest BCUT2D eigenvalue weighted by Gasteiger charge is -2.17. The van der Waals surface area contributed by atoms with E-state index in [1.165, 1.54) is 23.3 Å². The minimum Gasteiger partial charge on any atom is -0.322 e. The molecule has 1 rings (SSSR count). The van der Waals surface area contributed by atoms with Gasteiger partial charge in [-0.05, 0) is 14.0 Å². The molecule has 2 N–H and O–H groups in total. The summed E-state index contributed by atoms with van der Waals surface area (Å²) in [5, 5.41) is 2.49. The number of halogens is 3. The van der Waals surface area contributed by atoms with Crippen molar-refractivity contribution in [2.75, 3.05) is 13.6 Å². The van der Waals surface area contributed by atoms with E-state index in [1.807, 2.05) is 0 Å². The van der Waals surface area contributed by atoms with Gasteiger partial charge in [0.2, 0.25) is 0 Å². The molecule has 3 nitrogen and oxygen atoms in total. The van der Waals surface area contributed by atoms with Crippen LogP contribution in [0.25, 0.3) is 0 Å². The Morgan fingerprint density at radius 1 is 1.56 bits per heavy atom. The zero-order chi connectivity index (χ0) is 12.3. The number of thiazole rings is 1. The molecule has 1 aromatic rings. The summed E-state index contributed by atoms with van der Waals surface area (Å²) in [7, 11) is 1.42. The number of hydrogen-bond acceptors (Lipinski definition) is 4. The molecule has 0 saturated heterocycles. The van der Waals surface area contributed by atoms with Crippen LogP contribution in [0.2, 0.25) is 0 Å². The molecular weight excluding hydrogens is 239 g/mol. The Morgan fingerprint density at radius 3 is 2.62 bits per heavy atom. The largest absolute Gasteiger partial charge is 0.401 e. The maximum Gasteiger partial charge on any atom is 0.401 e. The van der Waals surface area contributed by atoms with Crippen molar-refractivity contribution in [3.8, 4) is 0 Å². The monoisotopic (exact) mass is 253 g/mol. The van der Waals surface area contributed by atoms with Crippen LogP contribution in [0.1, 0.15) is 23.7 Å². The topological polar surface area (TPSA) is 42.1 Å². The fraction of sp³-hybridized carbons (Fsp3) is 0.667. The van der Waals surface area contributed by atoms with E-state index in [-0.39, 0.29) is 12.6 Å². The van der Waals surface area contributed by atoms with Crippen LogP contribution in [0.4, 0.5) is 13.2 Å². The van der Waals surface area contributed by atoms with E-state index < -0.39 is 12.7 Å². The molecule has 0 aliphatic rings. The lowest BCUT2D eigenvalue weighted by atomic mass is 10.4. The molecule has 0 saturated carbocycles. The third-order valence-electron chi connectivity index (χ3n) is 1.84. The molecule has 1 unspecified atom stereocenters. The second kappa shape index (κ2) is 5.11. The van der Waals surface area contributed by atoms with E-state index in [9.17, 15) is 13.2 Å². The average Bonchev–Trinajstić information content (AvgIpc) is 2.48. The van der Waals surface area contributed by atoms with Gasteiger partial charge < -0.3 is 5.73 Å². The fourth-order valence-corrected chi connectivity index (χ4v) is 2.01. The molecule has 0 aliphatic heterocycles. The molecule has 0 bridgehead atoms. The highest BCUT2D eigenvalue weighted by Gasteiger charge is 2.29. The van der Waals surface area contributed by atoms with Crippen LogP contribution in [0.15, 0.2) is 5.38 Å². The SMILES string of the molecule is CC(N)c1nc(CN(C)CC(F)(F)F)cs1. The molecule has 1 heterocycles. The number of hydrogen-bond donors (Lipinski definition) is 1. The van der Waals surface area contributed by atoms with E-state index >= 15 is 0 Å². The molecule has 0 fully saturated rings. The molecule has 1 aromatic heterocycles. The number of alkyl halides is 3. The number of nitrogens with zero attached hydrogens (tertiary/aromatic N) is 2. The van der Waals surface area contributed by atoms with Crippen LogP contribution >= 0.6 is 11.3 Å². The Balaban J connectivity index is 2.53. The molecule has 16 heavy (non-hydrogen) atoms. The van der Waals surface area contributed by atoms with Crippen molar-refractivity contribution in [3.05, 3.63) is 16.1 Å². The average molecular weight is 253 g/mol. The van der Waals surface area contributed by atoms with Crippen molar-refractivity contribution >= 4 is 11.3 Å². The summed E-state index contributed by atoms with van der Waals surface area (Å²) in [6.45, 7) is 1.04. The van der Waals surface area contributed by atoms with Gasteiger partial charge in [-0.25, -0.2) is 4.98 Å². The van der Waals surface area contributed by atoms with Crippen molar-refractivity contribution in [2.45, 2.75) is 25.7 Å². The lowest BCUT2D eigenvalue weighted by Crippen LogP contribution is -2.30. The minimum atomic E-state index is -4.17. The van der Waals surface area contributed by atoms with Crippen molar-refractivity contribution in [3.63, 3.8) is 0 Å². The smallest absolute Gasteiger partial charge is 0.322 e. The van der Waals surface area contributed by atoms with E-state index in [0.717, 1.165) is 5.01 Å². The molecule has 0 aromatic carbocycles. The highest BCUT2D eigenvalue weighted by Crippen LogP contribution is 2.19. The van der Waals surface area contributed by atoms with Crippen molar-refractivity contribution in [2.24, 2.45) is 5.73 Å². The Bertz CT molecular complexity index is 335. The first-order valence-electron chi connectivity index (χ1n) is 4.73. The van der Waals surface area contributed by atoms with Crippen LogP contribution in [0, 0.1) is 0 Å². The first-order chi connectivity index (χ1) is 7.28. The van der Waals surface area contributed by atoms with Crippen LogP contribution < -0.4 is 5.73 Å². The molecule has 0 radical (unpaired) electrons. The minimum absolute atomic E-state index is 0.174. The quantitative estimate of drug-likeness (QED) is 0.894. The van der Waals surface area contributed by atoms with Gasteiger partial charge in [0.25, 0.3) is 0 Å². The predicted molar refractivity (Wildman–Crippen MR) is 57.1 cm³/mol. The Labute approximate surface area is 96.1 Å². The maximum absolute atomic E-state index is 12.1. The van der Waals surface area contributed by atoms with Gasteiger partial charge in [-0.3, -0.25) is 4.90 Å². The Morgan fingerprint density at radius 2 is 2.19 bits per heavy atom. The van der Waals surface area contributed by atoms with Crippen molar-refractivity contribution < 1.29 is 13.2 Å². The van der Waals surface area contributed by atoms with Gasteiger partial charge in [0.05, 0.1) is 18.3 Å². The maximum atomic E-state index is 12.1. The molecule has 7 heteroatoms. The summed E-state index contributed by atoms with van der Waals surface area (Å²) in [5.41, 5.74) is 6.24. The van der Waals surface area contributed by atoms with E-state index in [1.54, 1.807) is 12.3 Å². The Kier molecular flexibility index (Phi) is 4.28. The van der Waals surface area contributed by atoms with Gasteiger partial charge in [-0.2, -0.15) is 13.2 Å². The van der Waals surface area contributed by atoms with Gasteiger partial charge in [0.1, 0.15) is 5.01 Å². The van der Waals surface area contributed by atoms with E-state index in [4.69, 9.17) is 5.73 Å². The summed E-state index contributed by atoms with van der Waals surface area (Å²) in [4.78, 5) is 5.34. The lowest BCUT2D eigenvalue weighted by molar-refractivity contribution is -0.144. The van der Waals surface area contributed by atoms with Crippen molar-refractivity contribution in [1.29, 1.82) is 0 Å². The van der Waals surface area contributed by atoms with Crippen LogP contribution in [-0.4, -0.2) is 29.7 Å². The van der Waals surface area contributed by atoms with Crippen LogP contribution in [0.3, 0.4) is 0 Å². The van der Waals surface area contributed by atoms with E-state index in [2.05, 4.69) is 4.98 Å². The third kappa shape index (κ3) is 4.46. The molecule has 0 amide bonds. The van der Waals surface area contributed by atoms with Crippen LogP contribution in [0.5, 0.6) is 0 Å². The highest BCUT2D eigenvalue weighted by molar-refractivity contribution is 7.09. The molecule has 0 spiro atoms. The predicted octanol–water partition coefficient (Wildman–Crippen LogP) is 2.16. The first-order valence-corrected chi connectivity index (χ1v) is 5.61. The number of aromatic nitrogens is 1. The summed E-state index contributed by atoms with van der Waals surface area (Å²) < 4.78 is 36.2. The van der Waals surface area contributed by atoms with Crippen molar-refractivity contribution in [1.82, 2.24) is 9.88 Å². The highest BCUT2D eigenvalue weighted by atomic mass is 32.1. The zero-order valence-corrected chi connectivity index (χ0v) is 9.90. The second-order valence-corrected chi connectivity index (χ2v) is 4.64.